The number of hydrogen-bond donors (Lipinski definition) is 5. The van der Waals surface area contributed by atoms with Crippen molar-refractivity contribution in [3.63, 3.8) is 0 Å². The number of ether oxygens (including phenoxy) is 2. The van der Waals surface area contributed by atoms with Gasteiger partial charge in [0.25, 0.3) is 0 Å². The SMILES string of the molecule is [CH2+]C1(C)CC(OCC(O)CNCCNCCNCC(O)COC2CC(C)(C)N(C)C(C)(C)C2)CC(C)(C)N1C. The van der Waals surface area contributed by atoms with Crippen molar-refractivity contribution in [1.82, 2.24) is 25.8 Å². The van der Waals surface area contributed by atoms with Crippen LogP contribution in [-0.2, 0) is 9.47 Å². The standard InChI is InChI=1S/C30H62N5O4/c1-27(2)15-25(16-28(3,4)34(27)9)38-21-23(36)19-32-13-11-31-12-14-33-20-24(37)22-39-26-17-29(5,6)35(10)30(7,8)18-26/h23-26,31-33,36-37H,1,11-22H2,2-10H3/q+1. The molecule has 4 atom stereocenters. The topological polar surface area (TPSA) is 101 Å². The van der Waals surface area contributed by atoms with E-state index < -0.39 is 12.2 Å². The molecule has 0 spiro atoms. The highest BCUT2D eigenvalue weighted by molar-refractivity contribution is 5.03. The zero-order valence-electron chi connectivity index (χ0n) is 26.6. The second kappa shape index (κ2) is 14.6. The quantitative estimate of drug-likeness (QED) is 0.143. The normalized spacial score (nSPS) is 29.4. The van der Waals surface area contributed by atoms with E-state index >= 15 is 0 Å². The van der Waals surface area contributed by atoms with Crippen LogP contribution in [0.3, 0.4) is 0 Å². The van der Waals surface area contributed by atoms with Gasteiger partial charge in [0.05, 0.1) is 44.6 Å². The summed E-state index contributed by atoms with van der Waals surface area (Å²) in [7, 11) is 4.32. The lowest BCUT2D eigenvalue weighted by atomic mass is 9.79. The van der Waals surface area contributed by atoms with Crippen molar-refractivity contribution >= 4 is 0 Å². The molecule has 0 amide bonds. The van der Waals surface area contributed by atoms with Crippen LogP contribution >= 0.6 is 0 Å². The van der Waals surface area contributed by atoms with Gasteiger partial charge < -0.3 is 35.6 Å². The Morgan fingerprint density at radius 3 is 1.44 bits per heavy atom. The van der Waals surface area contributed by atoms with Crippen LogP contribution in [0.25, 0.3) is 0 Å². The average molecular weight is 557 g/mol. The number of likely N-dealkylation sites (tertiary alicyclic amines) is 2. The molecule has 0 radical (unpaired) electrons. The van der Waals surface area contributed by atoms with Crippen molar-refractivity contribution in [3.05, 3.63) is 6.92 Å². The first-order valence-electron chi connectivity index (χ1n) is 15.0. The minimum Gasteiger partial charge on any atom is -0.389 e. The van der Waals surface area contributed by atoms with E-state index in [1.807, 2.05) is 0 Å². The Hall–Kier alpha value is -0.490. The van der Waals surface area contributed by atoms with Crippen LogP contribution in [0.1, 0.15) is 74.1 Å². The smallest absolute Gasteiger partial charge is 0.158 e. The van der Waals surface area contributed by atoms with Crippen molar-refractivity contribution in [3.8, 4) is 0 Å². The van der Waals surface area contributed by atoms with E-state index in [0.717, 1.165) is 51.9 Å². The molecule has 9 nitrogen and oxygen atoms in total. The molecule has 0 aromatic rings. The number of aliphatic hydroxyl groups excluding tert-OH is 2. The molecule has 2 aliphatic heterocycles. The Balaban J connectivity index is 1.46. The van der Waals surface area contributed by atoms with E-state index in [1.54, 1.807) is 0 Å². The lowest BCUT2D eigenvalue weighted by Crippen LogP contribution is -2.60. The summed E-state index contributed by atoms with van der Waals surface area (Å²) >= 11 is 0. The fourth-order valence-corrected chi connectivity index (χ4v) is 6.27. The van der Waals surface area contributed by atoms with Crippen molar-refractivity contribution in [2.24, 2.45) is 0 Å². The van der Waals surface area contributed by atoms with Gasteiger partial charge in [-0.2, -0.15) is 0 Å². The second-order valence-corrected chi connectivity index (χ2v) is 14.2. The molecule has 0 aliphatic carbocycles. The van der Waals surface area contributed by atoms with Gasteiger partial charge in [-0.3, -0.25) is 9.80 Å². The van der Waals surface area contributed by atoms with Crippen LogP contribution in [0, 0.1) is 6.92 Å². The van der Waals surface area contributed by atoms with Gasteiger partial charge in [-0.25, -0.2) is 0 Å². The third-order valence-corrected chi connectivity index (χ3v) is 9.15. The van der Waals surface area contributed by atoms with E-state index in [4.69, 9.17) is 9.47 Å². The first-order chi connectivity index (χ1) is 18.0. The van der Waals surface area contributed by atoms with E-state index in [2.05, 4.69) is 95.2 Å². The van der Waals surface area contributed by atoms with Crippen molar-refractivity contribution in [2.45, 2.75) is 121 Å². The third-order valence-electron chi connectivity index (χ3n) is 9.15. The first kappa shape index (κ1) is 34.7. The summed E-state index contributed by atoms with van der Waals surface area (Å²) in [6, 6.07) is 0. The fraction of sp³-hybridized carbons (Fsp3) is 0.967. The molecule has 2 aliphatic rings. The number of aliphatic hydroxyl groups is 2. The van der Waals surface area contributed by atoms with Crippen molar-refractivity contribution < 1.29 is 19.7 Å². The molecular formula is C30H62N5O4+. The van der Waals surface area contributed by atoms with Crippen LogP contribution < -0.4 is 16.0 Å². The highest BCUT2D eigenvalue weighted by Crippen LogP contribution is 2.39. The van der Waals surface area contributed by atoms with E-state index in [9.17, 15) is 10.2 Å². The first-order valence-corrected chi connectivity index (χ1v) is 15.0. The second-order valence-electron chi connectivity index (χ2n) is 14.2. The van der Waals surface area contributed by atoms with Gasteiger partial charge in [0.2, 0.25) is 0 Å². The summed E-state index contributed by atoms with van der Waals surface area (Å²) in [5.74, 6) is 0. The van der Waals surface area contributed by atoms with Crippen LogP contribution in [0.4, 0.5) is 0 Å². The largest absolute Gasteiger partial charge is 0.389 e. The van der Waals surface area contributed by atoms with Crippen LogP contribution in [0.5, 0.6) is 0 Å². The van der Waals surface area contributed by atoms with Crippen LogP contribution in [0.15, 0.2) is 0 Å². The molecule has 39 heavy (non-hydrogen) atoms. The van der Waals surface area contributed by atoms with Gasteiger partial charge in [0, 0.05) is 62.3 Å². The summed E-state index contributed by atoms with van der Waals surface area (Å²) < 4.78 is 12.2. The Morgan fingerprint density at radius 1 is 0.667 bits per heavy atom. The molecule has 0 aromatic carbocycles. The molecule has 2 saturated heterocycles. The van der Waals surface area contributed by atoms with E-state index in [0.29, 0.717) is 26.3 Å². The highest BCUT2D eigenvalue weighted by Gasteiger charge is 2.48. The number of rotatable bonds is 16. The monoisotopic (exact) mass is 556 g/mol. The molecular weight excluding hydrogens is 494 g/mol. The number of nitrogens with one attached hydrogen (secondary N) is 3. The molecule has 4 unspecified atom stereocenters. The average Bonchev–Trinajstić information content (AvgIpc) is 2.81. The predicted octanol–water partition coefficient (Wildman–Crippen LogP) is 1.63. The maximum atomic E-state index is 10.3. The number of nitrogens with zero attached hydrogens (tertiary/aromatic N) is 2. The predicted molar refractivity (Wildman–Crippen MR) is 160 cm³/mol. The minimum absolute atomic E-state index is 0.0242. The lowest BCUT2D eigenvalue weighted by molar-refractivity contribution is -0.105. The molecule has 5 N–H and O–H groups in total. The van der Waals surface area contributed by atoms with Crippen LogP contribution in [-0.4, -0.2) is 133 Å². The minimum atomic E-state index is -0.527. The van der Waals surface area contributed by atoms with E-state index in [1.165, 1.54) is 0 Å². The summed E-state index contributed by atoms with van der Waals surface area (Å²) in [4.78, 5) is 4.77. The van der Waals surface area contributed by atoms with Gasteiger partial charge in [-0.05, 0) is 81.8 Å². The van der Waals surface area contributed by atoms with Gasteiger partial charge >= 0.3 is 0 Å². The summed E-state index contributed by atoms with van der Waals surface area (Å²) in [6.45, 7) is 24.9. The fourth-order valence-electron chi connectivity index (χ4n) is 6.27. The molecule has 0 saturated carbocycles. The van der Waals surface area contributed by atoms with Crippen molar-refractivity contribution in [1.29, 1.82) is 0 Å². The Bertz CT molecular complexity index is 623. The molecule has 0 aromatic heterocycles. The van der Waals surface area contributed by atoms with Gasteiger partial charge in [0.15, 0.2) is 5.54 Å². The number of hydrogen-bond acceptors (Lipinski definition) is 9. The maximum Gasteiger partial charge on any atom is 0.158 e. The summed E-state index contributed by atoms with van der Waals surface area (Å²) in [6.07, 6.45) is 3.00. The molecule has 9 heteroatoms. The lowest BCUT2D eigenvalue weighted by Gasteiger charge is -2.53. The van der Waals surface area contributed by atoms with E-state index in [-0.39, 0.29) is 34.4 Å². The Labute approximate surface area is 239 Å². The van der Waals surface area contributed by atoms with Gasteiger partial charge in [0.1, 0.15) is 0 Å². The zero-order valence-corrected chi connectivity index (χ0v) is 26.6. The number of piperidine rings is 2. The summed E-state index contributed by atoms with van der Waals surface area (Å²) in [5, 5.41) is 30.6. The summed E-state index contributed by atoms with van der Waals surface area (Å²) in [5.41, 5.74) is 0.0301. The third kappa shape index (κ3) is 11.0. The van der Waals surface area contributed by atoms with Gasteiger partial charge in [-0.15, -0.1) is 0 Å². The molecule has 0 bridgehead atoms. The molecule has 230 valence electrons. The molecule has 2 heterocycles. The van der Waals surface area contributed by atoms with Crippen LogP contribution in [0.2, 0.25) is 0 Å². The van der Waals surface area contributed by atoms with Gasteiger partial charge in [-0.1, -0.05) is 0 Å². The maximum absolute atomic E-state index is 10.3. The Morgan fingerprint density at radius 2 is 1.03 bits per heavy atom. The highest BCUT2D eigenvalue weighted by atomic mass is 16.5. The zero-order chi connectivity index (χ0) is 29.5. The Kier molecular flexibility index (Phi) is 13.0. The van der Waals surface area contributed by atoms with Crippen molar-refractivity contribution in [2.75, 3.05) is 66.6 Å². The molecule has 2 fully saturated rings. The molecule has 2 rings (SSSR count).